The monoisotopic (exact) mass is 280 g/mol. The summed E-state index contributed by atoms with van der Waals surface area (Å²) in [6.07, 6.45) is 8.19. The van der Waals surface area contributed by atoms with Crippen molar-refractivity contribution in [2.75, 3.05) is 0 Å². The summed E-state index contributed by atoms with van der Waals surface area (Å²) in [7, 11) is 0. The van der Waals surface area contributed by atoms with Crippen molar-refractivity contribution in [3.05, 3.63) is 53.3 Å². The van der Waals surface area contributed by atoms with E-state index in [2.05, 4.69) is 9.98 Å². The Balaban J connectivity index is 2.05. The van der Waals surface area contributed by atoms with Gasteiger partial charge in [0.05, 0.1) is 11.4 Å². The van der Waals surface area contributed by atoms with Crippen LogP contribution in [0.3, 0.4) is 0 Å². The number of isocyanates is 2. The second kappa shape index (κ2) is 7.06. The number of rotatable bonds is 5. The van der Waals surface area contributed by atoms with Crippen LogP contribution in [0.4, 0.5) is 5.69 Å². The Labute approximate surface area is 121 Å². The highest BCUT2D eigenvalue weighted by Crippen LogP contribution is 2.23. The van der Waals surface area contributed by atoms with Gasteiger partial charge in [-0.25, -0.2) is 9.59 Å². The van der Waals surface area contributed by atoms with Gasteiger partial charge in [-0.1, -0.05) is 11.6 Å². The van der Waals surface area contributed by atoms with E-state index in [0.29, 0.717) is 36.2 Å². The second-order valence-electron chi connectivity index (χ2n) is 4.54. The van der Waals surface area contributed by atoms with E-state index in [4.69, 9.17) is 0 Å². The molecule has 1 aliphatic rings. The highest BCUT2D eigenvalue weighted by Gasteiger charge is 2.12. The number of hydrogen-bond donors (Lipinski definition) is 0. The van der Waals surface area contributed by atoms with Gasteiger partial charge in [-0.15, -0.1) is 0 Å². The molecule has 0 amide bonds. The van der Waals surface area contributed by atoms with Crippen LogP contribution in [0.15, 0.2) is 57.7 Å². The number of benzene rings is 1. The van der Waals surface area contributed by atoms with Gasteiger partial charge in [0.1, 0.15) is 0 Å². The normalized spacial score (nSPS) is 13.3. The lowest BCUT2D eigenvalue weighted by Crippen LogP contribution is -2.02. The first kappa shape index (κ1) is 14.5. The smallest absolute Gasteiger partial charge is 0.240 e. The molecule has 5 heteroatoms. The first-order valence-corrected chi connectivity index (χ1v) is 6.40. The van der Waals surface area contributed by atoms with Gasteiger partial charge in [0.2, 0.25) is 12.2 Å². The van der Waals surface area contributed by atoms with E-state index >= 15 is 0 Å². The highest BCUT2D eigenvalue weighted by molar-refractivity contribution is 5.97. The molecule has 0 heterocycles. The SMILES string of the molecule is O=C=NC1=CC=C(CC(=O)c2ccc(N=C=O)cc2)CC1. The quantitative estimate of drug-likeness (QED) is 0.472. The molecule has 2 rings (SSSR count). The summed E-state index contributed by atoms with van der Waals surface area (Å²) in [6.45, 7) is 0. The third-order valence-corrected chi connectivity index (χ3v) is 3.15. The predicted molar refractivity (Wildman–Crippen MR) is 76.7 cm³/mol. The van der Waals surface area contributed by atoms with Gasteiger partial charge in [-0.05, 0) is 43.2 Å². The Hall–Kier alpha value is -2.87. The molecule has 0 aliphatic heterocycles. The lowest BCUT2D eigenvalue weighted by Gasteiger charge is -2.10. The van der Waals surface area contributed by atoms with Crippen LogP contribution in [-0.2, 0) is 9.59 Å². The van der Waals surface area contributed by atoms with Gasteiger partial charge in [0.25, 0.3) is 0 Å². The number of Topliss-reactive ketones (excluding diaryl/α,β-unsaturated/α-hetero) is 1. The molecule has 1 aliphatic carbocycles. The summed E-state index contributed by atoms with van der Waals surface area (Å²) in [6, 6.07) is 6.48. The molecule has 0 spiro atoms. The van der Waals surface area contributed by atoms with E-state index in [1.54, 1.807) is 30.3 Å². The van der Waals surface area contributed by atoms with Gasteiger partial charge in [-0.2, -0.15) is 9.98 Å². The molecule has 0 radical (unpaired) electrons. The summed E-state index contributed by atoms with van der Waals surface area (Å²) in [5.74, 6) is -0.00128. The largest absolute Gasteiger partial charge is 0.294 e. The maximum atomic E-state index is 12.1. The molecular formula is C16H12N2O3. The molecule has 0 N–H and O–H groups in total. The van der Waals surface area contributed by atoms with Crippen molar-refractivity contribution < 1.29 is 14.4 Å². The molecule has 0 fully saturated rings. The van der Waals surface area contributed by atoms with Gasteiger partial charge >= 0.3 is 0 Å². The fourth-order valence-electron chi connectivity index (χ4n) is 2.05. The molecule has 1 aromatic carbocycles. The zero-order chi connectivity index (χ0) is 15.1. The summed E-state index contributed by atoms with van der Waals surface area (Å²) in [4.78, 5) is 39.4. The summed E-state index contributed by atoms with van der Waals surface area (Å²) >= 11 is 0. The Kier molecular flexibility index (Phi) is 4.89. The molecule has 0 aromatic heterocycles. The number of hydrogen-bond acceptors (Lipinski definition) is 5. The molecule has 5 nitrogen and oxygen atoms in total. The van der Waals surface area contributed by atoms with Crippen molar-refractivity contribution in [2.45, 2.75) is 19.3 Å². The van der Waals surface area contributed by atoms with Gasteiger partial charge in [-0.3, -0.25) is 4.79 Å². The predicted octanol–water partition coefficient (Wildman–Crippen LogP) is 3.17. The van der Waals surface area contributed by atoms with Crippen molar-refractivity contribution in [1.82, 2.24) is 0 Å². The van der Waals surface area contributed by atoms with Crippen LogP contribution in [0.1, 0.15) is 29.6 Å². The third kappa shape index (κ3) is 4.05. The number of carbonyl (C=O) groups excluding carboxylic acids is 3. The van der Waals surface area contributed by atoms with Gasteiger partial charge < -0.3 is 0 Å². The number of carbonyl (C=O) groups is 1. The minimum atomic E-state index is -0.00128. The maximum Gasteiger partial charge on any atom is 0.240 e. The summed E-state index contributed by atoms with van der Waals surface area (Å²) in [5, 5.41) is 0. The number of ketones is 1. The summed E-state index contributed by atoms with van der Waals surface area (Å²) < 4.78 is 0. The fourth-order valence-corrected chi connectivity index (χ4v) is 2.05. The molecule has 0 bridgehead atoms. The van der Waals surface area contributed by atoms with Crippen LogP contribution in [0.5, 0.6) is 0 Å². The first-order valence-electron chi connectivity index (χ1n) is 6.40. The van der Waals surface area contributed by atoms with E-state index < -0.39 is 0 Å². The number of allylic oxidation sites excluding steroid dienone is 4. The Bertz CT molecular complexity index is 702. The second-order valence-corrected chi connectivity index (χ2v) is 4.54. The Morgan fingerprint density at radius 3 is 2.29 bits per heavy atom. The van der Waals surface area contributed by atoms with Crippen molar-refractivity contribution in [3.63, 3.8) is 0 Å². The van der Waals surface area contributed by atoms with E-state index in [1.807, 2.05) is 6.08 Å². The van der Waals surface area contributed by atoms with Crippen molar-refractivity contribution in [2.24, 2.45) is 9.98 Å². The molecule has 1 aromatic rings. The lowest BCUT2D eigenvalue weighted by molar-refractivity contribution is 0.0992. The molecule has 0 unspecified atom stereocenters. The van der Waals surface area contributed by atoms with Crippen LogP contribution in [-0.4, -0.2) is 17.9 Å². The highest BCUT2D eigenvalue weighted by atomic mass is 16.1. The minimum absolute atomic E-state index is 0.00128. The Morgan fingerprint density at radius 2 is 1.71 bits per heavy atom. The van der Waals surface area contributed by atoms with E-state index in [-0.39, 0.29) is 5.78 Å². The maximum absolute atomic E-state index is 12.1. The van der Waals surface area contributed by atoms with E-state index in [1.165, 1.54) is 12.2 Å². The van der Waals surface area contributed by atoms with E-state index in [0.717, 1.165) is 5.57 Å². The number of nitrogens with zero attached hydrogens (tertiary/aromatic N) is 2. The van der Waals surface area contributed by atoms with Crippen LogP contribution in [0.2, 0.25) is 0 Å². The topological polar surface area (TPSA) is 75.9 Å². The van der Waals surface area contributed by atoms with Crippen LogP contribution in [0.25, 0.3) is 0 Å². The first-order chi connectivity index (χ1) is 10.2. The van der Waals surface area contributed by atoms with Gasteiger partial charge in [0.15, 0.2) is 5.78 Å². The zero-order valence-corrected chi connectivity index (χ0v) is 11.2. The third-order valence-electron chi connectivity index (χ3n) is 3.15. The van der Waals surface area contributed by atoms with Gasteiger partial charge in [0, 0.05) is 12.0 Å². The average molecular weight is 280 g/mol. The molecule has 0 saturated carbocycles. The fraction of sp³-hybridized carbons (Fsp3) is 0.188. The molecule has 0 saturated heterocycles. The molecule has 104 valence electrons. The van der Waals surface area contributed by atoms with Crippen LogP contribution < -0.4 is 0 Å². The van der Waals surface area contributed by atoms with Crippen molar-refractivity contribution in [1.29, 1.82) is 0 Å². The minimum Gasteiger partial charge on any atom is -0.294 e. The lowest BCUT2D eigenvalue weighted by atomic mass is 9.95. The average Bonchev–Trinajstić information content (AvgIpc) is 2.50. The Morgan fingerprint density at radius 1 is 1.00 bits per heavy atom. The van der Waals surface area contributed by atoms with E-state index in [9.17, 15) is 14.4 Å². The number of aliphatic imine (C=N–C) groups is 2. The zero-order valence-electron chi connectivity index (χ0n) is 11.2. The molecule has 0 atom stereocenters. The summed E-state index contributed by atoms with van der Waals surface area (Å²) in [5.41, 5.74) is 2.72. The van der Waals surface area contributed by atoms with Crippen molar-refractivity contribution >= 4 is 23.6 Å². The molecular weight excluding hydrogens is 268 g/mol. The standard InChI is InChI=1S/C16H12N2O3/c19-10-17-14-5-1-12(2-6-14)9-16(21)13-3-7-15(8-4-13)18-11-20/h1,3-5,7-8H,2,6,9H2. The van der Waals surface area contributed by atoms with Crippen LogP contribution in [0, 0.1) is 0 Å². The van der Waals surface area contributed by atoms with Crippen molar-refractivity contribution in [3.8, 4) is 0 Å². The molecule has 21 heavy (non-hydrogen) atoms. The van der Waals surface area contributed by atoms with Crippen LogP contribution >= 0.6 is 0 Å².